The molecule has 0 aliphatic carbocycles. The quantitative estimate of drug-likeness (QED) is 0.358. The van der Waals surface area contributed by atoms with Crippen LogP contribution in [-0.2, 0) is 4.74 Å². The van der Waals surface area contributed by atoms with Crippen molar-refractivity contribution >= 4 is 28.6 Å². The molecule has 0 bridgehead atoms. The van der Waals surface area contributed by atoms with Crippen molar-refractivity contribution in [1.29, 1.82) is 0 Å². The van der Waals surface area contributed by atoms with Crippen LogP contribution in [0.25, 0.3) is 0 Å². The molecule has 0 aromatic heterocycles. The molecular weight excluding hydrogens is 418 g/mol. The van der Waals surface area contributed by atoms with Crippen LogP contribution in [0.1, 0.15) is 19.8 Å². The van der Waals surface area contributed by atoms with Gasteiger partial charge < -0.3 is 0 Å². The summed E-state index contributed by atoms with van der Waals surface area (Å²) in [5, 5.41) is 0. The molecule has 2 unspecified atom stereocenters. The number of esters is 1. The second-order valence-electron chi connectivity index (χ2n) is 3.35. The number of halogens is 2. The third-order valence-corrected chi connectivity index (χ3v) is 5.59. The molecular formula is C11H11I2O2-. The Morgan fingerprint density at radius 1 is 1.47 bits per heavy atom. The second-order valence-corrected chi connectivity index (χ2v) is 7.10. The third-order valence-electron chi connectivity index (χ3n) is 2.37. The third kappa shape index (κ3) is 2.30. The molecule has 0 spiro atoms. The predicted molar refractivity (Wildman–Crippen MR) is 63.2 cm³/mol. The molecule has 1 aliphatic heterocycles. The Bertz CT molecular complexity index is 379. The molecule has 4 heteroatoms. The van der Waals surface area contributed by atoms with E-state index in [9.17, 15) is 4.79 Å². The minimum atomic E-state index is -0.152. The van der Waals surface area contributed by atoms with E-state index in [1.165, 1.54) is 0 Å². The summed E-state index contributed by atoms with van der Waals surface area (Å²) in [6.45, 7) is 0. The zero-order valence-electron chi connectivity index (χ0n) is 8.24. The van der Waals surface area contributed by atoms with Crippen LogP contribution in [0.4, 0.5) is 0 Å². The summed E-state index contributed by atoms with van der Waals surface area (Å²) >= 11 is 2.55. The Kier molecular flexibility index (Phi) is 3.87. The van der Waals surface area contributed by atoms with Crippen LogP contribution in [0.2, 0.25) is 0 Å². The van der Waals surface area contributed by atoms with E-state index in [4.69, 9.17) is 4.74 Å². The van der Waals surface area contributed by atoms with Crippen molar-refractivity contribution in [1.82, 2.24) is 0 Å². The van der Waals surface area contributed by atoms with E-state index in [1.54, 1.807) is 0 Å². The second kappa shape index (κ2) is 4.99. The SMILES string of the molecule is C[I-]CC1OC(=O)c2ccccc2C1I. The maximum absolute atomic E-state index is 11.7. The first-order valence-corrected chi connectivity index (χ1v) is 9.54. The van der Waals surface area contributed by atoms with Gasteiger partial charge in [-0.2, -0.15) is 0 Å². The van der Waals surface area contributed by atoms with Crippen molar-refractivity contribution in [3.8, 4) is 0 Å². The number of hydrogen-bond donors (Lipinski definition) is 0. The Morgan fingerprint density at radius 2 is 2.20 bits per heavy atom. The van der Waals surface area contributed by atoms with E-state index in [0.29, 0.717) is 3.92 Å². The molecule has 82 valence electrons. The van der Waals surface area contributed by atoms with Gasteiger partial charge in [0.1, 0.15) is 0 Å². The molecule has 1 aromatic carbocycles. The number of hydrogen-bond acceptors (Lipinski definition) is 2. The van der Waals surface area contributed by atoms with Crippen LogP contribution in [0.3, 0.4) is 0 Å². The van der Waals surface area contributed by atoms with Gasteiger partial charge in [0, 0.05) is 0 Å². The van der Waals surface area contributed by atoms with Crippen LogP contribution >= 0.6 is 22.6 Å². The Hall–Kier alpha value is 0.150. The van der Waals surface area contributed by atoms with Crippen LogP contribution < -0.4 is 21.2 Å². The van der Waals surface area contributed by atoms with E-state index >= 15 is 0 Å². The summed E-state index contributed by atoms with van der Waals surface area (Å²) in [6.07, 6.45) is 0.0887. The molecule has 0 amide bonds. The Labute approximate surface area is 113 Å². The van der Waals surface area contributed by atoms with Crippen molar-refractivity contribution in [2.75, 3.05) is 9.36 Å². The Morgan fingerprint density at radius 3 is 2.93 bits per heavy atom. The first-order valence-electron chi connectivity index (χ1n) is 4.62. The van der Waals surface area contributed by atoms with Gasteiger partial charge in [0.05, 0.1) is 0 Å². The Balaban J connectivity index is 2.35. The zero-order valence-corrected chi connectivity index (χ0v) is 12.6. The van der Waals surface area contributed by atoms with Gasteiger partial charge in [-0.25, -0.2) is 0 Å². The fraction of sp³-hybridized carbons (Fsp3) is 0.364. The van der Waals surface area contributed by atoms with Crippen molar-refractivity contribution in [3.63, 3.8) is 0 Å². The zero-order chi connectivity index (χ0) is 10.8. The van der Waals surface area contributed by atoms with Gasteiger partial charge in [0.25, 0.3) is 0 Å². The van der Waals surface area contributed by atoms with Crippen molar-refractivity contribution in [2.24, 2.45) is 0 Å². The van der Waals surface area contributed by atoms with Gasteiger partial charge >= 0.3 is 114 Å². The molecule has 2 rings (SSSR count). The topological polar surface area (TPSA) is 26.3 Å². The van der Waals surface area contributed by atoms with Gasteiger partial charge in [0.15, 0.2) is 0 Å². The fourth-order valence-corrected chi connectivity index (χ4v) is 5.12. The molecule has 2 atom stereocenters. The monoisotopic (exact) mass is 429 g/mol. The molecule has 1 aliphatic rings. The summed E-state index contributed by atoms with van der Waals surface area (Å²) < 4.78 is 6.81. The summed E-state index contributed by atoms with van der Waals surface area (Å²) in [6, 6.07) is 7.76. The summed E-state index contributed by atoms with van der Waals surface area (Å²) in [4.78, 5) is 13.9. The average Bonchev–Trinajstić information content (AvgIpc) is 2.26. The molecule has 0 fully saturated rings. The van der Waals surface area contributed by atoms with Gasteiger partial charge in [-0.05, 0) is 0 Å². The van der Waals surface area contributed by atoms with Gasteiger partial charge in [-0.3, -0.25) is 0 Å². The molecule has 0 radical (unpaired) electrons. The van der Waals surface area contributed by atoms with Gasteiger partial charge in [-0.15, -0.1) is 0 Å². The molecule has 1 aromatic rings. The normalized spacial score (nSPS) is 24.8. The molecule has 2 nitrogen and oxygen atoms in total. The summed E-state index contributed by atoms with van der Waals surface area (Å²) in [5.41, 5.74) is 1.87. The summed E-state index contributed by atoms with van der Waals surface area (Å²) in [7, 11) is 0. The van der Waals surface area contributed by atoms with E-state index in [-0.39, 0.29) is 33.3 Å². The van der Waals surface area contributed by atoms with E-state index < -0.39 is 0 Å². The summed E-state index contributed by atoms with van der Waals surface area (Å²) in [5.74, 6) is -0.152. The standard InChI is InChI=1S/C11H11I2O2/c1-13-6-9-10(12)7-4-2-3-5-8(7)11(14)15-9/h2-5,9-10H,6H2,1H3/q-1. The molecule has 1 heterocycles. The van der Waals surface area contributed by atoms with Crippen LogP contribution in [-0.4, -0.2) is 21.4 Å². The van der Waals surface area contributed by atoms with Crippen molar-refractivity contribution in [3.05, 3.63) is 35.4 Å². The number of cyclic esters (lactones) is 1. The molecule has 0 saturated carbocycles. The number of ether oxygens (including phenoxy) is 1. The van der Waals surface area contributed by atoms with Crippen LogP contribution in [0.15, 0.2) is 24.3 Å². The van der Waals surface area contributed by atoms with Crippen LogP contribution in [0, 0.1) is 0 Å². The molecule has 0 N–H and O–H groups in total. The molecule has 0 saturated heterocycles. The van der Waals surface area contributed by atoms with Crippen molar-refractivity contribution < 1.29 is 30.7 Å². The van der Waals surface area contributed by atoms with E-state index in [0.717, 1.165) is 15.6 Å². The van der Waals surface area contributed by atoms with Crippen molar-refractivity contribution in [2.45, 2.75) is 10.0 Å². The number of benzene rings is 1. The minimum absolute atomic E-state index is 0.0887. The fourth-order valence-electron chi connectivity index (χ4n) is 1.65. The predicted octanol–water partition coefficient (Wildman–Crippen LogP) is -0.579. The number of carbonyl (C=O) groups excluding carboxylic acids is 1. The van der Waals surface area contributed by atoms with E-state index in [1.807, 2.05) is 24.3 Å². The number of rotatable bonds is 2. The first-order chi connectivity index (χ1) is 7.24. The maximum atomic E-state index is 11.7. The number of alkyl halides is 3. The number of carbonyl (C=O) groups is 1. The number of fused-ring (bicyclic) bond motifs is 1. The van der Waals surface area contributed by atoms with Crippen LogP contribution in [0.5, 0.6) is 0 Å². The average molecular weight is 429 g/mol. The van der Waals surface area contributed by atoms with Gasteiger partial charge in [0.2, 0.25) is 0 Å². The molecule has 15 heavy (non-hydrogen) atoms. The van der Waals surface area contributed by atoms with Gasteiger partial charge in [-0.1, -0.05) is 0 Å². The first kappa shape index (κ1) is 11.6. The van der Waals surface area contributed by atoms with E-state index in [2.05, 4.69) is 27.5 Å².